The molecule has 0 saturated carbocycles. The smallest absolute Gasteiger partial charge is 0.361 e. The summed E-state index contributed by atoms with van der Waals surface area (Å²) in [5, 5.41) is 9.76. The fraction of sp³-hybridized carbons (Fsp3) is 0.886. The Bertz CT molecular complexity index is 1540. The first-order valence-corrected chi connectivity index (χ1v) is 38.7. The van der Waals surface area contributed by atoms with Gasteiger partial charge in [-0.2, -0.15) is 0 Å². The summed E-state index contributed by atoms with van der Waals surface area (Å²) in [4.78, 5) is 37.7. The summed E-state index contributed by atoms with van der Waals surface area (Å²) in [6.07, 6.45) is 87.2. The second-order valence-corrected chi connectivity index (χ2v) is 27.7. The fourth-order valence-electron chi connectivity index (χ4n) is 11.7. The lowest BCUT2D eigenvalue weighted by atomic mass is 10.0. The summed E-state index contributed by atoms with van der Waals surface area (Å²) in [6, 6.07) is 0. The number of carbonyl (C=O) groups is 3. The van der Waals surface area contributed by atoms with Gasteiger partial charge in [0.1, 0.15) is 13.2 Å². The second kappa shape index (κ2) is 70.4. The minimum Gasteiger partial charge on any atom is -0.477 e. The maximum atomic E-state index is 13.0. The van der Waals surface area contributed by atoms with Gasteiger partial charge in [0.05, 0.1) is 34.4 Å². The largest absolute Gasteiger partial charge is 0.477 e. The van der Waals surface area contributed by atoms with Crippen LogP contribution >= 0.6 is 0 Å². The van der Waals surface area contributed by atoms with Crippen molar-refractivity contribution in [2.75, 3.05) is 47.5 Å². The van der Waals surface area contributed by atoms with Crippen molar-refractivity contribution in [1.82, 2.24) is 0 Å². The Morgan fingerprint density at radius 3 is 0.909 bits per heavy atom. The Labute approximate surface area is 547 Å². The summed E-state index contributed by atoms with van der Waals surface area (Å²) < 4.78 is 23.0. The number of hydrogen-bond acceptors (Lipinski definition) is 7. The summed E-state index contributed by atoms with van der Waals surface area (Å²) in [5.74, 6) is -1.97. The molecular formula is C79H150NO8+. The predicted octanol–water partition coefficient (Wildman–Crippen LogP) is 24.3. The summed E-state index contributed by atoms with van der Waals surface area (Å²) in [6.45, 7) is 4.95. The molecule has 0 aliphatic heterocycles. The Morgan fingerprint density at radius 2 is 0.614 bits per heavy atom. The average molecular weight is 1240 g/mol. The van der Waals surface area contributed by atoms with Crippen LogP contribution in [0.25, 0.3) is 0 Å². The van der Waals surface area contributed by atoms with Crippen molar-refractivity contribution < 1.29 is 42.9 Å². The third kappa shape index (κ3) is 71.0. The number of hydrogen-bond donors (Lipinski definition) is 1. The molecule has 0 bridgehead atoms. The number of carboxylic acids is 1. The van der Waals surface area contributed by atoms with E-state index in [9.17, 15) is 19.5 Å². The summed E-state index contributed by atoms with van der Waals surface area (Å²) in [7, 11) is 6.00. The molecule has 0 saturated heterocycles. The Balaban J connectivity index is 3.96. The van der Waals surface area contributed by atoms with E-state index in [-0.39, 0.29) is 38.2 Å². The monoisotopic (exact) mass is 1240 g/mol. The number of likely N-dealkylation sites (N-methyl/N-ethyl adjacent to an activating group) is 1. The number of unbranched alkanes of at least 4 members (excludes halogenated alkanes) is 52. The van der Waals surface area contributed by atoms with Crippen molar-refractivity contribution in [2.45, 2.75) is 405 Å². The van der Waals surface area contributed by atoms with Crippen LogP contribution in [-0.2, 0) is 33.3 Å². The minimum atomic E-state index is -1.51. The highest BCUT2D eigenvalue weighted by atomic mass is 16.7. The molecule has 2 atom stereocenters. The molecule has 0 heterocycles. The fourth-order valence-corrected chi connectivity index (χ4v) is 11.7. The van der Waals surface area contributed by atoms with Crippen molar-refractivity contribution >= 4 is 17.9 Å². The van der Waals surface area contributed by atoms with Gasteiger partial charge >= 0.3 is 17.9 Å². The van der Waals surface area contributed by atoms with Crippen LogP contribution < -0.4 is 0 Å². The molecule has 518 valence electrons. The van der Waals surface area contributed by atoms with Crippen LogP contribution in [0.1, 0.15) is 393 Å². The number of rotatable bonds is 73. The van der Waals surface area contributed by atoms with E-state index in [0.717, 1.165) is 51.4 Å². The lowest BCUT2D eigenvalue weighted by Crippen LogP contribution is -2.40. The molecule has 88 heavy (non-hydrogen) atoms. The van der Waals surface area contributed by atoms with Crippen LogP contribution in [0.2, 0.25) is 0 Å². The van der Waals surface area contributed by atoms with Gasteiger partial charge in [-0.3, -0.25) is 9.59 Å². The lowest BCUT2D eigenvalue weighted by molar-refractivity contribution is -0.870. The highest BCUT2D eigenvalue weighted by Gasteiger charge is 2.25. The first kappa shape index (κ1) is 85.5. The van der Waals surface area contributed by atoms with Crippen LogP contribution in [0.15, 0.2) is 36.5 Å². The molecule has 0 radical (unpaired) electrons. The van der Waals surface area contributed by atoms with Crippen LogP contribution in [0.5, 0.6) is 0 Å². The van der Waals surface area contributed by atoms with Crippen molar-refractivity contribution in [3.05, 3.63) is 36.5 Å². The van der Waals surface area contributed by atoms with Crippen LogP contribution in [0, 0.1) is 0 Å². The quantitative estimate of drug-likeness (QED) is 0.0211. The second-order valence-electron chi connectivity index (χ2n) is 27.7. The van der Waals surface area contributed by atoms with Gasteiger partial charge in [0.25, 0.3) is 6.29 Å². The van der Waals surface area contributed by atoms with E-state index in [2.05, 4.69) is 50.3 Å². The molecule has 0 aliphatic carbocycles. The number of esters is 2. The van der Waals surface area contributed by atoms with Gasteiger partial charge in [-0.15, -0.1) is 0 Å². The van der Waals surface area contributed by atoms with Crippen LogP contribution in [-0.4, -0.2) is 87.4 Å². The molecule has 0 spiro atoms. The zero-order chi connectivity index (χ0) is 64.0. The summed E-state index contributed by atoms with van der Waals surface area (Å²) in [5.41, 5.74) is 0. The zero-order valence-electron chi connectivity index (χ0n) is 59.4. The molecule has 0 amide bonds. The molecule has 0 aromatic carbocycles. The van der Waals surface area contributed by atoms with Gasteiger partial charge in [0.2, 0.25) is 0 Å². The lowest BCUT2D eigenvalue weighted by Gasteiger charge is -2.25. The maximum Gasteiger partial charge on any atom is 0.361 e. The SMILES string of the molecule is CCCCCCC/C=C\C/C=C\C/C=C\CCCCCCCCCCCCCCCCCCCCCCCCCCC(=O)OC(COC(=O)CCCCCCCCCCCCCCCCCCCCCCCCCC)COC(OCC[N+](C)(C)C)C(=O)O. The van der Waals surface area contributed by atoms with Gasteiger partial charge in [-0.05, 0) is 51.4 Å². The minimum absolute atomic E-state index is 0.174. The molecular weight excluding hydrogens is 1090 g/mol. The Kier molecular flexibility index (Phi) is 68.4. The molecule has 0 fully saturated rings. The van der Waals surface area contributed by atoms with Crippen molar-refractivity contribution in [3.8, 4) is 0 Å². The van der Waals surface area contributed by atoms with Gasteiger partial charge in [-0.25, -0.2) is 4.79 Å². The Morgan fingerprint density at radius 1 is 0.341 bits per heavy atom. The van der Waals surface area contributed by atoms with E-state index in [1.54, 1.807) is 0 Å². The number of carbonyl (C=O) groups excluding carboxylic acids is 2. The number of ether oxygens (including phenoxy) is 4. The highest BCUT2D eigenvalue weighted by Crippen LogP contribution is 2.20. The molecule has 0 aromatic rings. The van der Waals surface area contributed by atoms with Crippen LogP contribution in [0.4, 0.5) is 0 Å². The van der Waals surface area contributed by atoms with Gasteiger partial charge < -0.3 is 28.5 Å². The average Bonchev–Trinajstić information content (AvgIpc) is 3.52. The van der Waals surface area contributed by atoms with E-state index < -0.39 is 18.4 Å². The van der Waals surface area contributed by atoms with Crippen molar-refractivity contribution in [2.24, 2.45) is 0 Å². The molecule has 0 rings (SSSR count). The number of carboxylic acid groups (broad SMARTS) is 1. The van der Waals surface area contributed by atoms with Gasteiger partial charge in [0.15, 0.2) is 6.10 Å². The van der Waals surface area contributed by atoms with Crippen molar-refractivity contribution in [3.63, 3.8) is 0 Å². The van der Waals surface area contributed by atoms with E-state index in [1.807, 2.05) is 21.1 Å². The van der Waals surface area contributed by atoms with E-state index in [0.29, 0.717) is 17.4 Å². The van der Waals surface area contributed by atoms with Gasteiger partial charge in [-0.1, -0.05) is 365 Å². The third-order valence-corrected chi connectivity index (χ3v) is 17.6. The highest BCUT2D eigenvalue weighted by molar-refractivity contribution is 5.71. The number of allylic oxidation sites excluding steroid dienone is 6. The first-order valence-electron chi connectivity index (χ1n) is 38.7. The summed E-state index contributed by atoms with van der Waals surface area (Å²) >= 11 is 0. The first-order chi connectivity index (χ1) is 43.1. The van der Waals surface area contributed by atoms with E-state index in [1.165, 1.54) is 315 Å². The molecule has 0 aromatic heterocycles. The molecule has 9 nitrogen and oxygen atoms in total. The molecule has 9 heteroatoms. The Hall–Kier alpha value is -2.49. The van der Waals surface area contributed by atoms with Crippen LogP contribution in [0.3, 0.4) is 0 Å². The standard InChI is InChI=1S/C79H149NO8/c1-6-8-10-12-14-16-18-20-22-24-26-28-30-32-33-34-35-36-37-38-39-40-41-42-43-44-45-46-48-50-52-54-56-58-60-62-64-66-68-70-77(82)88-75(74-87-79(78(83)84)85-72-71-80(3,4)5)73-86-76(81)69-67-65-63-61-59-57-55-53-51-49-47-31-29-27-25-23-21-19-17-15-13-11-9-7-2/h18,20,24,26,30,32,75,79H,6-17,19,21-23,25,27-29,31,33-74H2,1-5H3/p+1/b20-18-,26-24-,32-30-. The molecule has 0 aliphatic rings. The topological polar surface area (TPSA) is 108 Å². The molecule has 1 N–H and O–H groups in total. The van der Waals surface area contributed by atoms with Gasteiger partial charge in [0, 0.05) is 12.8 Å². The van der Waals surface area contributed by atoms with E-state index >= 15 is 0 Å². The predicted molar refractivity (Wildman–Crippen MR) is 378 cm³/mol. The maximum absolute atomic E-state index is 13.0. The normalized spacial score (nSPS) is 12.8. The third-order valence-electron chi connectivity index (χ3n) is 17.6. The van der Waals surface area contributed by atoms with E-state index in [4.69, 9.17) is 18.9 Å². The number of aliphatic carboxylic acids is 1. The molecule has 2 unspecified atom stereocenters. The zero-order valence-corrected chi connectivity index (χ0v) is 59.4. The number of quaternary nitrogens is 1. The number of nitrogens with zero attached hydrogens (tertiary/aromatic N) is 1. The van der Waals surface area contributed by atoms with Crippen molar-refractivity contribution in [1.29, 1.82) is 0 Å².